The molecule has 0 aliphatic carbocycles. The van der Waals surface area contributed by atoms with Crippen LogP contribution in [0.25, 0.3) is 0 Å². The predicted octanol–water partition coefficient (Wildman–Crippen LogP) is 1.79. The average Bonchev–Trinajstić information content (AvgIpc) is 2.78. The molecule has 0 aromatic carbocycles. The van der Waals surface area contributed by atoms with Gasteiger partial charge in [-0.05, 0) is 12.8 Å². The van der Waals surface area contributed by atoms with Gasteiger partial charge in [-0.2, -0.15) is 0 Å². The average molecular weight is 345 g/mol. The number of hydrogen-bond acceptors (Lipinski definition) is 5. The summed E-state index contributed by atoms with van der Waals surface area (Å²) in [5.74, 6) is -1.70. The molecule has 1 saturated heterocycles. The molecular weight excluding hydrogens is 318 g/mol. The van der Waals surface area contributed by atoms with E-state index in [0.29, 0.717) is 0 Å². The standard InChI is InChI=1S/C16H27NO5S/c1-2-3-4-5-6-7-8-9-10-17-15(19)13-14(16(17)20)23(21,22)12-11-18/h9-10,14,18H,2-8,11-13H2,1H3/b10-9+. The molecule has 1 unspecified atom stereocenters. The van der Waals surface area contributed by atoms with Crippen molar-refractivity contribution in [2.24, 2.45) is 0 Å². The Morgan fingerprint density at radius 1 is 1.17 bits per heavy atom. The number of carbonyl (C=O) groups excluding carboxylic acids is 2. The number of hydrogen-bond donors (Lipinski definition) is 1. The summed E-state index contributed by atoms with van der Waals surface area (Å²) in [5.41, 5.74) is 0. The molecule has 1 aliphatic heterocycles. The topological polar surface area (TPSA) is 91.8 Å². The quantitative estimate of drug-likeness (QED) is 0.455. The second-order valence-corrected chi connectivity index (χ2v) is 8.13. The number of unbranched alkanes of at least 4 members (excludes halogenated alkanes) is 6. The van der Waals surface area contributed by atoms with Gasteiger partial charge < -0.3 is 5.11 Å². The smallest absolute Gasteiger partial charge is 0.252 e. The van der Waals surface area contributed by atoms with Crippen molar-refractivity contribution in [2.75, 3.05) is 12.4 Å². The maximum atomic E-state index is 12.1. The van der Waals surface area contributed by atoms with Crippen molar-refractivity contribution in [1.82, 2.24) is 4.90 Å². The van der Waals surface area contributed by atoms with Crippen molar-refractivity contribution in [3.8, 4) is 0 Å². The maximum Gasteiger partial charge on any atom is 0.252 e. The highest BCUT2D eigenvalue weighted by Gasteiger charge is 2.44. The van der Waals surface area contributed by atoms with Crippen molar-refractivity contribution < 1.29 is 23.1 Å². The van der Waals surface area contributed by atoms with Gasteiger partial charge in [-0.15, -0.1) is 0 Å². The number of amides is 2. The SMILES string of the molecule is CCCCCCCC/C=C/N1C(=O)CC(S(=O)(=O)CCO)C1=O. The first-order chi connectivity index (χ1) is 10.9. The number of likely N-dealkylation sites (tertiary alicyclic amines) is 1. The van der Waals surface area contributed by atoms with E-state index in [4.69, 9.17) is 5.11 Å². The number of imide groups is 1. The van der Waals surface area contributed by atoms with Crippen molar-refractivity contribution in [3.05, 3.63) is 12.3 Å². The number of aliphatic hydroxyl groups is 1. The Hall–Kier alpha value is -1.21. The fraction of sp³-hybridized carbons (Fsp3) is 0.750. The molecule has 1 N–H and O–H groups in total. The van der Waals surface area contributed by atoms with Crippen molar-refractivity contribution >= 4 is 21.7 Å². The predicted molar refractivity (Wildman–Crippen MR) is 88.3 cm³/mol. The molecule has 132 valence electrons. The summed E-state index contributed by atoms with van der Waals surface area (Å²) >= 11 is 0. The summed E-state index contributed by atoms with van der Waals surface area (Å²) in [5, 5.41) is 7.41. The molecule has 1 aliphatic rings. The summed E-state index contributed by atoms with van der Waals surface area (Å²) in [4.78, 5) is 24.8. The van der Waals surface area contributed by atoms with Crippen molar-refractivity contribution in [2.45, 2.75) is 63.5 Å². The Morgan fingerprint density at radius 3 is 2.48 bits per heavy atom. The van der Waals surface area contributed by atoms with E-state index in [1.165, 1.54) is 31.9 Å². The molecule has 0 aromatic rings. The van der Waals surface area contributed by atoms with Crippen LogP contribution in [0.1, 0.15) is 58.3 Å². The number of nitrogens with zero attached hydrogens (tertiary/aromatic N) is 1. The van der Waals surface area contributed by atoms with E-state index in [1.54, 1.807) is 6.08 Å². The van der Waals surface area contributed by atoms with Crippen LogP contribution in [0, 0.1) is 0 Å². The minimum absolute atomic E-state index is 0.331. The first-order valence-electron chi connectivity index (χ1n) is 8.29. The lowest BCUT2D eigenvalue weighted by molar-refractivity contribution is -0.135. The van der Waals surface area contributed by atoms with Gasteiger partial charge in [-0.1, -0.05) is 45.1 Å². The van der Waals surface area contributed by atoms with E-state index in [-0.39, 0.29) is 6.42 Å². The van der Waals surface area contributed by atoms with Gasteiger partial charge in [0, 0.05) is 6.20 Å². The van der Waals surface area contributed by atoms with Gasteiger partial charge in [0.05, 0.1) is 18.8 Å². The molecule has 0 bridgehead atoms. The Labute approximate surface area is 138 Å². The molecule has 0 saturated carbocycles. The highest BCUT2D eigenvalue weighted by atomic mass is 32.2. The normalized spacial score (nSPS) is 19.2. The van der Waals surface area contributed by atoms with E-state index in [2.05, 4.69) is 6.92 Å². The van der Waals surface area contributed by atoms with Crippen molar-refractivity contribution in [3.63, 3.8) is 0 Å². The highest BCUT2D eigenvalue weighted by molar-refractivity contribution is 7.92. The zero-order chi connectivity index (χ0) is 17.3. The number of sulfone groups is 1. The number of aliphatic hydroxyl groups excluding tert-OH is 1. The largest absolute Gasteiger partial charge is 0.395 e. The molecule has 2 amide bonds. The third-order valence-corrected chi connectivity index (χ3v) is 5.92. The minimum Gasteiger partial charge on any atom is -0.395 e. The van der Waals surface area contributed by atoms with Crippen LogP contribution >= 0.6 is 0 Å². The zero-order valence-corrected chi connectivity index (χ0v) is 14.6. The summed E-state index contributed by atoms with van der Waals surface area (Å²) in [6.45, 7) is 1.62. The maximum absolute atomic E-state index is 12.1. The zero-order valence-electron chi connectivity index (χ0n) is 13.7. The van der Waals surface area contributed by atoms with Gasteiger partial charge in [0.1, 0.15) is 5.25 Å². The summed E-state index contributed by atoms with van der Waals surface area (Å²) in [6, 6.07) is 0. The molecule has 7 heteroatoms. The molecule has 0 aromatic heterocycles. The molecule has 6 nitrogen and oxygen atoms in total. The van der Waals surface area contributed by atoms with E-state index < -0.39 is 39.3 Å². The molecule has 0 radical (unpaired) electrons. The number of carbonyl (C=O) groups is 2. The van der Waals surface area contributed by atoms with E-state index >= 15 is 0 Å². The van der Waals surface area contributed by atoms with Gasteiger partial charge in [0.2, 0.25) is 5.91 Å². The number of rotatable bonds is 11. The van der Waals surface area contributed by atoms with Crippen LogP contribution in [0.5, 0.6) is 0 Å². The van der Waals surface area contributed by atoms with Gasteiger partial charge in [-0.25, -0.2) is 8.42 Å². The fourth-order valence-electron chi connectivity index (χ4n) is 2.55. The molecule has 23 heavy (non-hydrogen) atoms. The van der Waals surface area contributed by atoms with E-state index in [0.717, 1.165) is 24.2 Å². The van der Waals surface area contributed by atoms with Crippen LogP contribution in [0.15, 0.2) is 12.3 Å². The Morgan fingerprint density at radius 2 is 1.83 bits per heavy atom. The second-order valence-electron chi connectivity index (χ2n) is 5.83. The lowest BCUT2D eigenvalue weighted by atomic mass is 10.1. The van der Waals surface area contributed by atoms with Gasteiger partial charge in [0.15, 0.2) is 9.84 Å². The lowest BCUT2D eigenvalue weighted by Crippen LogP contribution is -2.33. The van der Waals surface area contributed by atoms with Crippen LogP contribution in [-0.4, -0.2) is 47.8 Å². The summed E-state index contributed by atoms with van der Waals surface area (Å²) in [6.07, 6.45) is 10.5. The van der Waals surface area contributed by atoms with Crippen LogP contribution in [0.3, 0.4) is 0 Å². The van der Waals surface area contributed by atoms with Crippen LogP contribution in [-0.2, 0) is 19.4 Å². The summed E-state index contributed by atoms with van der Waals surface area (Å²) < 4.78 is 23.7. The van der Waals surface area contributed by atoms with Gasteiger partial charge in [-0.3, -0.25) is 14.5 Å². The van der Waals surface area contributed by atoms with E-state index in [1.807, 2.05) is 0 Å². The molecule has 0 spiro atoms. The second kappa shape index (κ2) is 9.82. The van der Waals surface area contributed by atoms with Gasteiger partial charge >= 0.3 is 0 Å². The number of allylic oxidation sites excluding steroid dienone is 1. The molecule has 1 rings (SSSR count). The Kier molecular flexibility index (Phi) is 8.47. The lowest BCUT2D eigenvalue weighted by Gasteiger charge is -2.10. The summed E-state index contributed by atoms with van der Waals surface area (Å²) in [7, 11) is -3.77. The first kappa shape index (κ1) is 19.8. The van der Waals surface area contributed by atoms with Crippen LogP contribution in [0.4, 0.5) is 0 Å². The highest BCUT2D eigenvalue weighted by Crippen LogP contribution is 2.21. The molecule has 1 atom stereocenters. The molecule has 1 fully saturated rings. The Bertz CT molecular complexity index is 527. The minimum atomic E-state index is -3.77. The third-order valence-electron chi connectivity index (χ3n) is 3.93. The van der Waals surface area contributed by atoms with Crippen LogP contribution < -0.4 is 0 Å². The van der Waals surface area contributed by atoms with Crippen LogP contribution in [0.2, 0.25) is 0 Å². The third kappa shape index (κ3) is 6.06. The fourth-order valence-corrected chi connectivity index (χ4v) is 3.91. The molecular formula is C16H27NO5S. The van der Waals surface area contributed by atoms with Gasteiger partial charge in [0.25, 0.3) is 5.91 Å². The van der Waals surface area contributed by atoms with Crippen molar-refractivity contribution in [1.29, 1.82) is 0 Å². The first-order valence-corrected chi connectivity index (χ1v) is 10.0. The molecule has 1 heterocycles. The monoisotopic (exact) mass is 345 g/mol. The Balaban J connectivity index is 2.44. The van der Waals surface area contributed by atoms with E-state index in [9.17, 15) is 18.0 Å².